The molecule has 0 unspecified atom stereocenters. The Morgan fingerprint density at radius 2 is 1.93 bits per heavy atom. The topological polar surface area (TPSA) is 103 Å². The average molecular weight is 407 g/mol. The van der Waals surface area contributed by atoms with Gasteiger partial charge in [-0.05, 0) is 51.5 Å². The third-order valence-electron chi connectivity index (χ3n) is 5.17. The number of hydrogen-bond donors (Lipinski definition) is 1. The fraction of sp³-hybridized carbons (Fsp3) is 0.409. The van der Waals surface area contributed by atoms with Crippen LogP contribution in [0.5, 0.6) is 11.6 Å². The molecule has 1 N–H and O–H groups in total. The highest BCUT2D eigenvalue weighted by molar-refractivity contribution is 5.63. The summed E-state index contributed by atoms with van der Waals surface area (Å²) < 4.78 is 11.2. The number of hydrogen-bond acceptors (Lipinski definition) is 8. The first-order valence-electron chi connectivity index (χ1n) is 9.88. The van der Waals surface area contributed by atoms with E-state index in [2.05, 4.69) is 25.1 Å². The lowest BCUT2D eigenvalue weighted by molar-refractivity contribution is 0.0729. The Bertz CT molecular complexity index is 1020. The monoisotopic (exact) mass is 407 g/mol. The summed E-state index contributed by atoms with van der Waals surface area (Å²) in [5.41, 5.74) is 1.77. The summed E-state index contributed by atoms with van der Waals surface area (Å²) in [7, 11) is 1.63. The van der Waals surface area contributed by atoms with Crippen LogP contribution in [0.1, 0.15) is 43.4 Å². The Labute approximate surface area is 175 Å². The largest absolute Gasteiger partial charge is 0.495 e. The maximum absolute atomic E-state index is 10.1. The first-order chi connectivity index (χ1) is 14.3. The number of rotatable bonds is 7. The van der Waals surface area contributed by atoms with Gasteiger partial charge in [-0.15, -0.1) is 5.10 Å². The second-order valence-corrected chi connectivity index (χ2v) is 8.04. The number of aliphatic hydroxyl groups is 1. The van der Waals surface area contributed by atoms with Crippen LogP contribution in [0.15, 0.2) is 36.7 Å². The summed E-state index contributed by atoms with van der Waals surface area (Å²) in [6, 6.07) is 7.48. The Kier molecular flexibility index (Phi) is 5.34. The van der Waals surface area contributed by atoms with Crippen molar-refractivity contribution in [2.75, 3.05) is 13.7 Å². The van der Waals surface area contributed by atoms with E-state index in [1.165, 1.54) is 0 Å². The number of nitrogens with zero attached hydrogens (tertiary/aromatic N) is 5. The lowest BCUT2D eigenvalue weighted by Crippen LogP contribution is -2.18. The van der Waals surface area contributed by atoms with Gasteiger partial charge in [0, 0.05) is 23.7 Å². The van der Waals surface area contributed by atoms with Gasteiger partial charge in [-0.1, -0.05) is 0 Å². The van der Waals surface area contributed by atoms with E-state index in [1.54, 1.807) is 45.5 Å². The summed E-state index contributed by atoms with van der Waals surface area (Å²) in [5, 5.41) is 18.4. The zero-order valence-electron chi connectivity index (χ0n) is 17.5. The highest BCUT2D eigenvalue weighted by Crippen LogP contribution is 2.47. The molecule has 8 heteroatoms. The third-order valence-corrected chi connectivity index (χ3v) is 5.17. The van der Waals surface area contributed by atoms with Crippen molar-refractivity contribution in [1.29, 1.82) is 0 Å². The molecule has 0 aromatic carbocycles. The molecule has 0 aliphatic heterocycles. The molecule has 3 heterocycles. The molecule has 4 rings (SSSR count). The first-order valence-corrected chi connectivity index (χ1v) is 9.88. The van der Waals surface area contributed by atoms with Crippen molar-refractivity contribution < 1.29 is 14.6 Å². The van der Waals surface area contributed by atoms with Crippen molar-refractivity contribution in [3.63, 3.8) is 0 Å². The van der Waals surface area contributed by atoms with E-state index < -0.39 is 5.60 Å². The van der Waals surface area contributed by atoms with Crippen molar-refractivity contribution in [1.82, 2.24) is 25.1 Å². The highest BCUT2D eigenvalue weighted by atomic mass is 16.5. The lowest BCUT2D eigenvalue weighted by Gasteiger charge is -2.16. The summed E-state index contributed by atoms with van der Waals surface area (Å²) >= 11 is 0. The van der Waals surface area contributed by atoms with Gasteiger partial charge < -0.3 is 14.6 Å². The van der Waals surface area contributed by atoms with Crippen molar-refractivity contribution in [3.8, 4) is 22.9 Å². The predicted octanol–water partition coefficient (Wildman–Crippen LogP) is 3.06. The van der Waals surface area contributed by atoms with Crippen LogP contribution in [0.2, 0.25) is 0 Å². The van der Waals surface area contributed by atoms with Crippen LogP contribution in [0.3, 0.4) is 0 Å². The van der Waals surface area contributed by atoms with Gasteiger partial charge in [-0.2, -0.15) is 10.1 Å². The second kappa shape index (κ2) is 7.95. The third kappa shape index (κ3) is 4.38. The molecular weight excluding hydrogens is 382 g/mol. The fourth-order valence-electron chi connectivity index (χ4n) is 3.25. The summed E-state index contributed by atoms with van der Waals surface area (Å²) in [5.74, 6) is 2.64. The Morgan fingerprint density at radius 3 is 2.57 bits per heavy atom. The number of ether oxygens (including phenoxy) is 2. The molecule has 0 amide bonds. The van der Waals surface area contributed by atoms with E-state index in [-0.39, 0.29) is 0 Å². The summed E-state index contributed by atoms with van der Waals surface area (Å²) in [6.45, 7) is 5.70. The first kappa shape index (κ1) is 20.2. The molecule has 30 heavy (non-hydrogen) atoms. The maximum Gasteiger partial charge on any atom is 0.226 e. The van der Waals surface area contributed by atoms with Crippen molar-refractivity contribution in [2.45, 2.75) is 38.7 Å². The van der Waals surface area contributed by atoms with Crippen molar-refractivity contribution in [3.05, 3.63) is 53.9 Å². The number of methoxy groups -OCH3 is 1. The number of aromatic nitrogens is 5. The Morgan fingerprint density at radius 1 is 1.10 bits per heavy atom. The molecule has 1 aliphatic carbocycles. The minimum absolute atomic E-state index is 0.383. The van der Waals surface area contributed by atoms with Crippen LogP contribution in [0.25, 0.3) is 11.3 Å². The minimum Gasteiger partial charge on any atom is -0.495 e. The van der Waals surface area contributed by atoms with Gasteiger partial charge in [0.25, 0.3) is 0 Å². The van der Waals surface area contributed by atoms with Crippen molar-refractivity contribution >= 4 is 0 Å². The van der Waals surface area contributed by atoms with Crippen LogP contribution in [0.4, 0.5) is 0 Å². The molecule has 0 bridgehead atoms. The Balaban J connectivity index is 1.46. The van der Waals surface area contributed by atoms with Crippen LogP contribution in [0, 0.1) is 12.8 Å². The van der Waals surface area contributed by atoms with E-state index >= 15 is 0 Å². The van der Waals surface area contributed by atoms with Crippen LogP contribution in [-0.4, -0.2) is 44.0 Å². The zero-order valence-corrected chi connectivity index (χ0v) is 17.5. The van der Waals surface area contributed by atoms with E-state index in [0.29, 0.717) is 47.1 Å². The van der Waals surface area contributed by atoms with Crippen LogP contribution in [-0.2, 0) is 5.60 Å². The van der Waals surface area contributed by atoms with Gasteiger partial charge in [0.15, 0.2) is 0 Å². The van der Waals surface area contributed by atoms with Gasteiger partial charge in [0.05, 0.1) is 36.9 Å². The van der Waals surface area contributed by atoms with Gasteiger partial charge >= 0.3 is 0 Å². The molecule has 0 radical (unpaired) electrons. The molecule has 1 aliphatic rings. The summed E-state index contributed by atoms with van der Waals surface area (Å²) in [6.07, 6.45) is 4.47. The SMILES string of the molecule is COc1ccc([C@H]2C[C@@H]2COc2nc(C)ncc2-c2ccc(C(C)(C)O)nn2)nc1. The summed E-state index contributed by atoms with van der Waals surface area (Å²) in [4.78, 5) is 13.2. The minimum atomic E-state index is -1.05. The Hall–Kier alpha value is -3.13. The molecule has 156 valence electrons. The molecule has 2 atom stereocenters. The highest BCUT2D eigenvalue weighted by Gasteiger charge is 2.40. The van der Waals surface area contributed by atoms with Crippen LogP contribution < -0.4 is 9.47 Å². The van der Waals surface area contributed by atoms with Gasteiger partial charge in [0.1, 0.15) is 17.2 Å². The van der Waals surface area contributed by atoms with E-state index in [0.717, 1.165) is 17.9 Å². The second-order valence-electron chi connectivity index (χ2n) is 8.04. The van der Waals surface area contributed by atoms with Crippen molar-refractivity contribution in [2.24, 2.45) is 5.92 Å². The quantitative estimate of drug-likeness (QED) is 0.637. The molecule has 0 spiro atoms. The molecule has 0 saturated heterocycles. The van der Waals surface area contributed by atoms with Gasteiger partial charge in [-0.3, -0.25) is 4.98 Å². The van der Waals surface area contributed by atoms with E-state index in [4.69, 9.17) is 9.47 Å². The van der Waals surface area contributed by atoms with E-state index in [9.17, 15) is 5.11 Å². The number of aryl methyl sites for hydroxylation is 1. The van der Waals surface area contributed by atoms with Crippen LogP contribution >= 0.6 is 0 Å². The molecule has 3 aromatic heterocycles. The fourth-order valence-corrected chi connectivity index (χ4v) is 3.25. The zero-order chi connectivity index (χ0) is 21.3. The molecule has 1 saturated carbocycles. The predicted molar refractivity (Wildman–Crippen MR) is 110 cm³/mol. The smallest absolute Gasteiger partial charge is 0.226 e. The molecular formula is C22H25N5O3. The van der Waals surface area contributed by atoms with Gasteiger partial charge in [0.2, 0.25) is 5.88 Å². The molecule has 1 fully saturated rings. The maximum atomic E-state index is 10.1. The molecule has 3 aromatic rings. The number of pyridine rings is 1. The lowest BCUT2D eigenvalue weighted by atomic mass is 10.0. The standard InChI is InChI=1S/C22H25N5O3/c1-13-23-11-17(19-7-8-20(27-26-19)22(2,3)28)21(25-13)30-12-14-9-16(14)18-6-5-15(29-4)10-24-18/h5-8,10-11,14,16,28H,9,12H2,1-4H3/t14-,16+/m1/s1. The van der Waals surface area contributed by atoms with E-state index in [1.807, 2.05) is 19.1 Å². The normalized spacial score (nSPS) is 18.2. The average Bonchev–Trinajstić information content (AvgIpc) is 3.51. The van der Waals surface area contributed by atoms with Gasteiger partial charge in [-0.25, -0.2) is 4.98 Å². The molecule has 8 nitrogen and oxygen atoms in total.